The van der Waals surface area contributed by atoms with Crippen LogP contribution < -0.4 is 10.1 Å². The predicted molar refractivity (Wildman–Crippen MR) is 97.3 cm³/mol. The molecule has 6 heteroatoms. The molecule has 132 valence electrons. The topological polar surface area (TPSA) is 88.5 Å². The molecule has 2 N–H and O–H groups in total. The molecule has 0 aliphatic rings. The van der Waals surface area contributed by atoms with Crippen molar-refractivity contribution in [2.45, 2.75) is 12.5 Å². The molecule has 0 bridgehead atoms. The minimum Gasteiger partial charge on any atom is -0.496 e. The summed E-state index contributed by atoms with van der Waals surface area (Å²) in [5.74, 6) is -0.976. The van der Waals surface area contributed by atoms with E-state index in [2.05, 4.69) is 10.3 Å². The first-order valence-corrected chi connectivity index (χ1v) is 8.09. The number of methoxy groups -OCH3 is 1. The normalized spacial score (nSPS) is 11.7. The molecule has 2 aromatic carbocycles. The SMILES string of the molecule is COc1ccccc1C[C@H](NC(=O)c1ccnc2ccccc12)C(=O)O. The van der Waals surface area contributed by atoms with Crippen molar-refractivity contribution in [1.29, 1.82) is 0 Å². The number of aromatic nitrogens is 1. The number of pyridine rings is 1. The minimum absolute atomic E-state index is 0.119. The third kappa shape index (κ3) is 3.64. The van der Waals surface area contributed by atoms with E-state index >= 15 is 0 Å². The Morgan fingerprint density at radius 2 is 1.85 bits per heavy atom. The van der Waals surface area contributed by atoms with Crippen molar-refractivity contribution >= 4 is 22.8 Å². The Morgan fingerprint density at radius 3 is 2.62 bits per heavy atom. The standard InChI is InChI=1S/C20H18N2O4/c1-26-18-9-5-2-6-13(18)12-17(20(24)25)22-19(23)15-10-11-21-16-8-4-3-7-14(15)16/h2-11,17H,12H2,1H3,(H,22,23)(H,24,25)/t17-/m0/s1. The van der Waals surface area contributed by atoms with E-state index in [0.717, 1.165) is 0 Å². The molecule has 1 amide bonds. The lowest BCUT2D eigenvalue weighted by atomic mass is 10.0. The number of benzene rings is 2. The molecule has 1 heterocycles. The Hall–Kier alpha value is -3.41. The van der Waals surface area contributed by atoms with Crippen molar-refractivity contribution in [3.8, 4) is 5.75 Å². The van der Waals surface area contributed by atoms with Crippen LogP contribution in [0.4, 0.5) is 0 Å². The maximum Gasteiger partial charge on any atom is 0.326 e. The van der Waals surface area contributed by atoms with Crippen LogP contribution in [-0.2, 0) is 11.2 Å². The average molecular weight is 350 g/mol. The van der Waals surface area contributed by atoms with Gasteiger partial charge in [-0.2, -0.15) is 0 Å². The van der Waals surface area contributed by atoms with Crippen LogP contribution in [0.1, 0.15) is 15.9 Å². The van der Waals surface area contributed by atoms with Crippen molar-refractivity contribution in [1.82, 2.24) is 10.3 Å². The summed E-state index contributed by atoms with van der Waals surface area (Å²) in [6, 6.07) is 14.9. The van der Waals surface area contributed by atoms with Gasteiger partial charge in [-0.05, 0) is 23.8 Å². The van der Waals surface area contributed by atoms with Gasteiger partial charge in [-0.1, -0.05) is 36.4 Å². The highest BCUT2D eigenvalue weighted by Crippen LogP contribution is 2.20. The fraction of sp³-hybridized carbons (Fsp3) is 0.150. The van der Waals surface area contributed by atoms with Crippen LogP contribution in [0.15, 0.2) is 60.8 Å². The number of para-hydroxylation sites is 2. The summed E-state index contributed by atoms with van der Waals surface area (Å²) >= 11 is 0. The van der Waals surface area contributed by atoms with Crippen LogP contribution >= 0.6 is 0 Å². The van der Waals surface area contributed by atoms with Gasteiger partial charge in [-0.3, -0.25) is 9.78 Å². The number of amides is 1. The highest BCUT2D eigenvalue weighted by Gasteiger charge is 2.23. The van der Waals surface area contributed by atoms with Crippen LogP contribution in [0.2, 0.25) is 0 Å². The molecule has 0 unspecified atom stereocenters. The Kier molecular flexibility index (Phi) is 5.12. The fourth-order valence-electron chi connectivity index (χ4n) is 2.82. The van der Waals surface area contributed by atoms with Crippen molar-refractivity contribution in [2.24, 2.45) is 0 Å². The third-order valence-corrected chi connectivity index (χ3v) is 4.11. The number of carbonyl (C=O) groups excluding carboxylic acids is 1. The largest absolute Gasteiger partial charge is 0.496 e. The van der Waals surface area contributed by atoms with Gasteiger partial charge in [0, 0.05) is 18.0 Å². The molecule has 1 atom stereocenters. The number of nitrogens with zero attached hydrogens (tertiary/aromatic N) is 1. The molecule has 3 aromatic rings. The number of carboxylic acids is 1. The van der Waals surface area contributed by atoms with Gasteiger partial charge in [0.1, 0.15) is 11.8 Å². The molecule has 6 nitrogen and oxygen atoms in total. The quantitative estimate of drug-likeness (QED) is 0.713. The molecule has 0 spiro atoms. The highest BCUT2D eigenvalue weighted by atomic mass is 16.5. The molecule has 3 rings (SSSR count). The summed E-state index contributed by atoms with van der Waals surface area (Å²) in [6.07, 6.45) is 1.65. The Bertz CT molecular complexity index is 950. The number of ether oxygens (including phenoxy) is 1. The second-order valence-corrected chi connectivity index (χ2v) is 5.76. The van der Waals surface area contributed by atoms with Crippen LogP contribution in [0.3, 0.4) is 0 Å². The average Bonchev–Trinajstić information content (AvgIpc) is 2.67. The smallest absolute Gasteiger partial charge is 0.326 e. The first-order chi connectivity index (χ1) is 12.6. The molecule has 0 radical (unpaired) electrons. The second kappa shape index (κ2) is 7.65. The Balaban J connectivity index is 1.86. The van der Waals surface area contributed by atoms with Crippen molar-refractivity contribution in [3.05, 3.63) is 71.9 Å². The lowest BCUT2D eigenvalue weighted by Crippen LogP contribution is -2.42. The summed E-state index contributed by atoms with van der Waals surface area (Å²) in [5.41, 5.74) is 1.78. The summed E-state index contributed by atoms with van der Waals surface area (Å²) in [7, 11) is 1.52. The van der Waals surface area contributed by atoms with Gasteiger partial charge in [0.25, 0.3) is 5.91 Å². The zero-order valence-electron chi connectivity index (χ0n) is 14.2. The third-order valence-electron chi connectivity index (χ3n) is 4.11. The van der Waals surface area contributed by atoms with Gasteiger partial charge >= 0.3 is 5.97 Å². The lowest BCUT2D eigenvalue weighted by molar-refractivity contribution is -0.139. The lowest BCUT2D eigenvalue weighted by Gasteiger charge is -2.17. The number of carbonyl (C=O) groups is 2. The molecule has 26 heavy (non-hydrogen) atoms. The van der Waals surface area contributed by atoms with Crippen LogP contribution in [0.25, 0.3) is 10.9 Å². The zero-order valence-corrected chi connectivity index (χ0v) is 14.2. The van der Waals surface area contributed by atoms with E-state index in [1.807, 2.05) is 12.1 Å². The molecule has 0 aliphatic carbocycles. The highest BCUT2D eigenvalue weighted by molar-refractivity contribution is 6.06. The fourth-order valence-corrected chi connectivity index (χ4v) is 2.82. The number of nitrogens with one attached hydrogen (secondary N) is 1. The van der Waals surface area contributed by atoms with E-state index in [1.54, 1.807) is 42.5 Å². The second-order valence-electron chi connectivity index (χ2n) is 5.76. The van der Waals surface area contributed by atoms with Gasteiger partial charge in [-0.25, -0.2) is 4.79 Å². The summed E-state index contributed by atoms with van der Waals surface area (Å²) in [5, 5.41) is 12.8. The number of hydrogen-bond donors (Lipinski definition) is 2. The molecule has 0 aliphatic heterocycles. The van der Waals surface area contributed by atoms with E-state index in [1.165, 1.54) is 13.3 Å². The van der Waals surface area contributed by atoms with E-state index in [4.69, 9.17) is 4.74 Å². The predicted octanol–water partition coefficient (Wildman–Crippen LogP) is 2.67. The van der Waals surface area contributed by atoms with Gasteiger partial charge in [0.2, 0.25) is 0 Å². The van der Waals surface area contributed by atoms with Crippen LogP contribution in [0.5, 0.6) is 5.75 Å². The van der Waals surface area contributed by atoms with E-state index < -0.39 is 17.9 Å². The van der Waals surface area contributed by atoms with Gasteiger partial charge in [0.05, 0.1) is 18.2 Å². The van der Waals surface area contributed by atoms with Crippen molar-refractivity contribution < 1.29 is 19.4 Å². The number of aliphatic carboxylic acids is 1. The summed E-state index contributed by atoms with van der Waals surface area (Å²) in [4.78, 5) is 28.6. The molecule has 0 saturated heterocycles. The molecule has 1 aromatic heterocycles. The van der Waals surface area contributed by atoms with Crippen molar-refractivity contribution in [2.75, 3.05) is 7.11 Å². The van der Waals surface area contributed by atoms with Crippen LogP contribution in [-0.4, -0.2) is 35.1 Å². The molecular weight excluding hydrogens is 332 g/mol. The van der Waals surface area contributed by atoms with E-state index in [-0.39, 0.29) is 6.42 Å². The Labute approximate surface area is 150 Å². The molecular formula is C20H18N2O4. The van der Waals surface area contributed by atoms with Gasteiger partial charge in [0.15, 0.2) is 0 Å². The number of carboxylic acid groups (broad SMARTS) is 1. The molecule has 0 fully saturated rings. The molecule has 0 saturated carbocycles. The zero-order chi connectivity index (χ0) is 18.5. The first-order valence-electron chi connectivity index (χ1n) is 8.09. The number of hydrogen-bond acceptors (Lipinski definition) is 4. The minimum atomic E-state index is -1.11. The maximum atomic E-state index is 12.7. The van der Waals surface area contributed by atoms with Crippen molar-refractivity contribution in [3.63, 3.8) is 0 Å². The monoisotopic (exact) mass is 350 g/mol. The first kappa shape index (κ1) is 17.4. The van der Waals surface area contributed by atoms with Crippen LogP contribution in [0, 0.1) is 0 Å². The maximum absolute atomic E-state index is 12.7. The van der Waals surface area contributed by atoms with Gasteiger partial charge < -0.3 is 15.2 Å². The summed E-state index contributed by atoms with van der Waals surface area (Å²) < 4.78 is 5.26. The number of rotatable bonds is 6. The number of fused-ring (bicyclic) bond motifs is 1. The summed E-state index contributed by atoms with van der Waals surface area (Å²) in [6.45, 7) is 0. The Morgan fingerprint density at radius 1 is 1.12 bits per heavy atom. The van der Waals surface area contributed by atoms with E-state index in [9.17, 15) is 14.7 Å². The van der Waals surface area contributed by atoms with Gasteiger partial charge in [-0.15, -0.1) is 0 Å². The van der Waals surface area contributed by atoms with E-state index in [0.29, 0.717) is 27.8 Å².